The van der Waals surface area contributed by atoms with E-state index in [1.54, 1.807) is 0 Å². The minimum atomic E-state index is 0.108. The van der Waals surface area contributed by atoms with E-state index in [0.717, 1.165) is 23.1 Å². The lowest BCUT2D eigenvalue weighted by Gasteiger charge is -2.27. The number of aryl methyl sites for hydroxylation is 1. The zero-order valence-corrected chi connectivity index (χ0v) is 12.4. The fraction of sp³-hybridized carbons (Fsp3) is 0.533. The maximum absolute atomic E-state index is 12.5. The van der Waals surface area contributed by atoms with Crippen molar-refractivity contribution in [2.45, 2.75) is 40.2 Å². The van der Waals surface area contributed by atoms with E-state index in [1.165, 1.54) is 0 Å². The van der Waals surface area contributed by atoms with Crippen LogP contribution in [0.15, 0.2) is 18.2 Å². The summed E-state index contributed by atoms with van der Waals surface area (Å²) in [5.41, 5.74) is 3.03. The molecule has 0 saturated carbocycles. The number of nitrogens with zero attached hydrogens (tertiary/aromatic N) is 1. The molecule has 0 aliphatic rings. The number of alkyl halides is 1. The SMILES string of the molecule is Cc1cccc(C(=O)N(CCCCl)C(C)C)c1C. The van der Waals surface area contributed by atoms with Crippen molar-refractivity contribution >= 4 is 17.5 Å². The third-order valence-electron chi connectivity index (χ3n) is 3.25. The van der Waals surface area contributed by atoms with Crippen LogP contribution < -0.4 is 0 Å². The summed E-state index contributed by atoms with van der Waals surface area (Å²) in [6, 6.07) is 6.07. The Balaban J connectivity index is 2.98. The number of hydrogen-bond acceptors (Lipinski definition) is 1. The van der Waals surface area contributed by atoms with Crippen LogP contribution in [0.4, 0.5) is 0 Å². The van der Waals surface area contributed by atoms with Crippen molar-refractivity contribution in [3.63, 3.8) is 0 Å². The van der Waals surface area contributed by atoms with Crippen LogP contribution in [-0.4, -0.2) is 29.3 Å². The molecular weight excluding hydrogens is 246 g/mol. The van der Waals surface area contributed by atoms with Crippen LogP contribution in [0.2, 0.25) is 0 Å². The molecule has 2 nitrogen and oxygen atoms in total. The molecular formula is C15H22ClNO. The molecule has 0 aliphatic carbocycles. The lowest BCUT2D eigenvalue weighted by molar-refractivity contribution is 0.0705. The van der Waals surface area contributed by atoms with Crippen LogP contribution in [0.5, 0.6) is 0 Å². The van der Waals surface area contributed by atoms with Crippen molar-refractivity contribution in [3.8, 4) is 0 Å². The van der Waals surface area contributed by atoms with Crippen molar-refractivity contribution in [2.24, 2.45) is 0 Å². The maximum atomic E-state index is 12.5. The molecule has 0 aromatic heterocycles. The average molecular weight is 268 g/mol. The molecule has 0 bridgehead atoms. The van der Waals surface area contributed by atoms with Gasteiger partial charge in [-0.05, 0) is 51.3 Å². The van der Waals surface area contributed by atoms with E-state index in [-0.39, 0.29) is 11.9 Å². The molecule has 0 aliphatic heterocycles. The number of rotatable bonds is 5. The first-order valence-electron chi connectivity index (χ1n) is 6.42. The summed E-state index contributed by atoms with van der Waals surface area (Å²) in [4.78, 5) is 14.4. The molecule has 100 valence electrons. The van der Waals surface area contributed by atoms with Crippen molar-refractivity contribution in [2.75, 3.05) is 12.4 Å². The standard InChI is InChI=1S/C15H22ClNO/c1-11(2)17(10-6-9-16)15(18)14-8-5-7-12(3)13(14)4/h5,7-8,11H,6,9-10H2,1-4H3. The predicted octanol–water partition coefficient (Wildman–Crippen LogP) is 3.78. The summed E-state index contributed by atoms with van der Waals surface area (Å²) >= 11 is 5.72. The zero-order valence-electron chi connectivity index (χ0n) is 11.7. The largest absolute Gasteiger partial charge is 0.336 e. The quantitative estimate of drug-likeness (QED) is 0.744. The van der Waals surface area contributed by atoms with Crippen LogP contribution >= 0.6 is 11.6 Å². The van der Waals surface area contributed by atoms with Gasteiger partial charge in [-0.3, -0.25) is 4.79 Å². The molecule has 0 fully saturated rings. The van der Waals surface area contributed by atoms with E-state index in [9.17, 15) is 4.79 Å². The summed E-state index contributed by atoms with van der Waals surface area (Å²) in [5, 5.41) is 0. The Bertz CT molecular complexity index is 415. The smallest absolute Gasteiger partial charge is 0.254 e. The number of carbonyl (C=O) groups is 1. The van der Waals surface area contributed by atoms with E-state index in [0.29, 0.717) is 12.4 Å². The monoisotopic (exact) mass is 267 g/mol. The van der Waals surface area contributed by atoms with Gasteiger partial charge in [0.05, 0.1) is 0 Å². The molecule has 0 spiro atoms. The van der Waals surface area contributed by atoms with Gasteiger partial charge in [-0.15, -0.1) is 11.6 Å². The molecule has 0 radical (unpaired) electrons. The first-order chi connectivity index (χ1) is 8.49. The Morgan fingerprint density at radius 3 is 2.56 bits per heavy atom. The molecule has 0 saturated heterocycles. The first kappa shape index (κ1) is 15.0. The molecule has 3 heteroatoms. The Morgan fingerprint density at radius 1 is 1.33 bits per heavy atom. The minimum absolute atomic E-state index is 0.108. The van der Waals surface area contributed by atoms with Gasteiger partial charge in [0.15, 0.2) is 0 Å². The van der Waals surface area contributed by atoms with Gasteiger partial charge in [-0.1, -0.05) is 12.1 Å². The second-order valence-corrected chi connectivity index (χ2v) is 5.26. The Hall–Kier alpha value is -1.02. The van der Waals surface area contributed by atoms with Crippen molar-refractivity contribution in [3.05, 3.63) is 34.9 Å². The van der Waals surface area contributed by atoms with Crippen LogP contribution in [0.1, 0.15) is 41.8 Å². The molecule has 0 atom stereocenters. The number of benzene rings is 1. The lowest BCUT2D eigenvalue weighted by Crippen LogP contribution is -2.38. The summed E-state index contributed by atoms with van der Waals surface area (Å²) in [6.45, 7) is 8.83. The predicted molar refractivity (Wildman–Crippen MR) is 77.4 cm³/mol. The molecule has 1 rings (SSSR count). The van der Waals surface area contributed by atoms with E-state index >= 15 is 0 Å². The van der Waals surface area contributed by atoms with Crippen LogP contribution in [0.3, 0.4) is 0 Å². The molecule has 0 heterocycles. The highest BCUT2D eigenvalue weighted by molar-refractivity contribution is 6.17. The van der Waals surface area contributed by atoms with Gasteiger partial charge < -0.3 is 4.90 Å². The van der Waals surface area contributed by atoms with Gasteiger partial charge in [0.2, 0.25) is 0 Å². The molecule has 0 unspecified atom stereocenters. The third kappa shape index (κ3) is 3.49. The molecule has 1 aromatic carbocycles. The molecule has 0 N–H and O–H groups in total. The summed E-state index contributed by atoms with van der Waals surface area (Å²) in [7, 11) is 0. The van der Waals surface area contributed by atoms with Crippen LogP contribution in [0.25, 0.3) is 0 Å². The molecule has 18 heavy (non-hydrogen) atoms. The van der Waals surface area contributed by atoms with Crippen molar-refractivity contribution in [1.29, 1.82) is 0 Å². The van der Waals surface area contributed by atoms with Gasteiger partial charge in [0.1, 0.15) is 0 Å². The Morgan fingerprint density at radius 2 is 2.00 bits per heavy atom. The van der Waals surface area contributed by atoms with Crippen molar-refractivity contribution < 1.29 is 4.79 Å². The number of carbonyl (C=O) groups excluding carboxylic acids is 1. The summed E-state index contributed by atoms with van der Waals surface area (Å²) in [5.74, 6) is 0.694. The van der Waals surface area contributed by atoms with Gasteiger partial charge in [-0.25, -0.2) is 0 Å². The summed E-state index contributed by atoms with van der Waals surface area (Å²) in [6.07, 6.45) is 0.830. The number of amides is 1. The minimum Gasteiger partial charge on any atom is -0.336 e. The average Bonchev–Trinajstić information content (AvgIpc) is 2.32. The van der Waals surface area contributed by atoms with Gasteiger partial charge in [-0.2, -0.15) is 0 Å². The van der Waals surface area contributed by atoms with E-state index in [2.05, 4.69) is 0 Å². The van der Waals surface area contributed by atoms with Gasteiger partial charge >= 0.3 is 0 Å². The summed E-state index contributed by atoms with van der Waals surface area (Å²) < 4.78 is 0. The van der Waals surface area contributed by atoms with E-state index in [1.807, 2.05) is 50.8 Å². The van der Waals surface area contributed by atoms with E-state index < -0.39 is 0 Å². The highest BCUT2D eigenvalue weighted by Crippen LogP contribution is 2.16. The topological polar surface area (TPSA) is 20.3 Å². The normalized spacial score (nSPS) is 10.8. The fourth-order valence-corrected chi connectivity index (χ4v) is 2.08. The fourth-order valence-electron chi connectivity index (χ4n) is 1.96. The van der Waals surface area contributed by atoms with Gasteiger partial charge in [0.25, 0.3) is 5.91 Å². The van der Waals surface area contributed by atoms with Crippen LogP contribution in [-0.2, 0) is 0 Å². The maximum Gasteiger partial charge on any atom is 0.254 e. The lowest BCUT2D eigenvalue weighted by atomic mass is 10.0. The van der Waals surface area contributed by atoms with E-state index in [4.69, 9.17) is 11.6 Å². The first-order valence-corrected chi connectivity index (χ1v) is 6.95. The highest BCUT2D eigenvalue weighted by atomic mass is 35.5. The highest BCUT2D eigenvalue weighted by Gasteiger charge is 2.20. The zero-order chi connectivity index (χ0) is 13.7. The Kier molecular flexibility index (Phi) is 5.67. The second kappa shape index (κ2) is 6.79. The Labute approximate surface area is 115 Å². The third-order valence-corrected chi connectivity index (χ3v) is 3.52. The van der Waals surface area contributed by atoms with Gasteiger partial charge in [0, 0.05) is 24.0 Å². The van der Waals surface area contributed by atoms with Crippen LogP contribution in [0, 0.1) is 13.8 Å². The number of hydrogen-bond donors (Lipinski definition) is 0. The number of halogens is 1. The second-order valence-electron chi connectivity index (χ2n) is 4.88. The molecule has 1 amide bonds. The van der Waals surface area contributed by atoms with Crippen molar-refractivity contribution in [1.82, 2.24) is 4.90 Å². The molecule has 1 aromatic rings.